The van der Waals surface area contributed by atoms with Crippen molar-refractivity contribution in [1.82, 2.24) is 10.2 Å². The molecule has 2 amide bonds. The van der Waals surface area contributed by atoms with Crippen molar-refractivity contribution in [3.8, 4) is 0 Å². The van der Waals surface area contributed by atoms with Gasteiger partial charge in [-0.05, 0) is 55.7 Å². The van der Waals surface area contributed by atoms with Crippen LogP contribution in [0.3, 0.4) is 0 Å². The molecule has 0 aliphatic carbocycles. The lowest BCUT2D eigenvalue weighted by atomic mass is 10.1. The van der Waals surface area contributed by atoms with Crippen LogP contribution in [0, 0.1) is 0 Å². The Kier molecular flexibility index (Phi) is 10.7. The van der Waals surface area contributed by atoms with Gasteiger partial charge in [-0.3, -0.25) is 9.59 Å². The Balaban J connectivity index is 2.10. The van der Waals surface area contributed by atoms with Gasteiger partial charge in [0.1, 0.15) is 6.04 Å². The lowest BCUT2D eigenvalue weighted by Crippen LogP contribution is -2.50. The Labute approximate surface area is 207 Å². The fourth-order valence-corrected chi connectivity index (χ4v) is 4.26. The molecular formula is C23H27BrCl2N2O2S. The van der Waals surface area contributed by atoms with Crippen LogP contribution in [0.2, 0.25) is 10.0 Å². The van der Waals surface area contributed by atoms with Crippen molar-refractivity contribution < 1.29 is 9.59 Å². The van der Waals surface area contributed by atoms with Gasteiger partial charge >= 0.3 is 0 Å². The zero-order chi connectivity index (χ0) is 23.0. The number of benzene rings is 2. The van der Waals surface area contributed by atoms with E-state index in [0.29, 0.717) is 15.8 Å². The maximum absolute atomic E-state index is 13.1. The van der Waals surface area contributed by atoms with Crippen LogP contribution in [-0.2, 0) is 21.9 Å². The highest BCUT2D eigenvalue weighted by molar-refractivity contribution is 9.10. The summed E-state index contributed by atoms with van der Waals surface area (Å²) in [5.74, 6) is 0.728. The summed E-state index contributed by atoms with van der Waals surface area (Å²) in [5.41, 5.74) is 1.96. The summed E-state index contributed by atoms with van der Waals surface area (Å²) < 4.78 is 1.02. The minimum Gasteiger partial charge on any atom is -0.352 e. The molecule has 0 spiro atoms. The second-order valence-corrected chi connectivity index (χ2v) is 10.1. The Morgan fingerprint density at radius 3 is 2.32 bits per heavy atom. The Morgan fingerprint density at radius 1 is 1.06 bits per heavy atom. The van der Waals surface area contributed by atoms with E-state index in [1.54, 1.807) is 24.0 Å². The number of nitrogens with zero attached hydrogens (tertiary/aromatic N) is 1. The van der Waals surface area contributed by atoms with Crippen molar-refractivity contribution >= 4 is 62.7 Å². The molecular weight excluding hydrogens is 519 g/mol. The van der Waals surface area contributed by atoms with Crippen molar-refractivity contribution in [3.05, 3.63) is 68.1 Å². The number of thioether (sulfide) groups is 1. The van der Waals surface area contributed by atoms with Crippen molar-refractivity contribution in [2.24, 2.45) is 0 Å². The SMILES string of the molecule is CC[C@@H](C)NC(=O)[C@@H](C)N(Cc1ccc(Cl)c(Cl)c1)C(=O)CSCc1ccc(Br)cc1. The molecule has 4 nitrogen and oxygen atoms in total. The van der Waals surface area contributed by atoms with E-state index in [9.17, 15) is 9.59 Å². The molecule has 2 aromatic rings. The molecule has 1 N–H and O–H groups in total. The average Bonchev–Trinajstić information content (AvgIpc) is 2.75. The van der Waals surface area contributed by atoms with Crippen molar-refractivity contribution in [3.63, 3.8) is 0 Å². The van der Waals surface area contributed by atoms with E-state index in [1.165, 1.54) is 11.8 Å². The van der Waals surface area contributed by atoms with Gasteiger partial charge in [0.15, 0.2) is 0 Å². The number of rotatable bonds is 10. The molecule has 2 rings (SSSR count). The fourth-order valence-electron chi connectivity index (χ4n) is 2.80. The Morgan fingerprint density at radius 2 is 1.71 bits per heavy atom. The molecule has 2 atom stereocenters. The highest BCUT2D eigenvalue weighted by Crippen LogP contribution is 2.24. The van der Waals surface area contributed by atoms with Gasteiger partial charge < -0.3 is 10.2 Å². The summed E-state index contributed by atoms with van der Waals surface area (Å²) in [4.78, 5) is 27.4. The van der Waals surface area contributed by atoms with Crippen LogP contribution in [0.4, 0.5) is 0 Å². The first-order chi connectivity index (χ1) is 14.7. The predicted molar refractivity (Wildman–Crippen MR) is 135 cm³/mol. The third-order valence-corrected chi connectivity index (χ3v) is 7.17. The maximum atomic E-state index is 13.1. The van der Waals surface area contributed by atoms with Gasteiger partial charge in [-0.25, -0.2) is 0 Å². The third kappa shape index (κ3) is 8.33. The second kappa shape index (κ2) is 12.7. The van der Waals surface area contributed by atoms with Crippen molar-refractivity contribution in [2.75, 3.05) is 5.75 Å². The molecule has 0 saturated carbocycles. The van der Waals surface area contributed by atoms with Crippen molar-refractivity contribution in [1.29, 1.82) is 0 Å². The molecule has 0 bridgehead atoms. The van der Waals surface area contributed by atoms with E-state index < -0.39 is 6.04 Å². The topological polar surface area (TPSA) is 49.4 Å². The van der Waals surface area contributed by atoms with Crippen LogP contribution in [0.15, 0.2) is 46.9 Å². The quantitative estimate of drug-likeness (QED) is 0.380. The van der Waals surface area contributed by atoms with E-state index in [4.69, 9.17) is 23.2 Å². The largest absolute Gasteiger partial charge is 0.352 e. The third-order valence-electron chi connectivity index (χ3n) is 4.91. The molecule has 31 heavy (non-hydrogen) atoms. The molecule has 0 radical (unpaired) electrons. The number of amides is 2. The van der Waals surface area contributed by atoms with Gasteiger partial charge in [0.25, 0.3) is 0 Å². The standard InChI is InChI=1S/C23H27BrCl2N2O2S/c1-4-15(2)27-23(30)16(3)28(12-18-7-10-20(25)21(26)11-18)22(29)14-31-13-17-5-8-19(24)9-6-17/h5-11,15-16H,4,12-14H2,1-3H3,(H,27,30)/t15-,16-/m1/s1. The maximum Gasteiger partial charge on any atom is 0.242 e. The summed E-state index contributed by atoms with van der Waals surface area (Å²) in [5, 5.41) is 3.85. The molecule has 0 fully saturated rings. The number of hydrogen-bond acceptors (Lipinski definition) is 3. The van der Waals surface area contributed by atoms with Crippen LogP contribution in [0.25, 0.3) is 0 Å². The number of nitrogens with one attached hydrogen (secondary N) is 1. The zero-order valence-electron chi connectivity index (χ0n) is 17.8. The number of hydrogen-bond donors (Lipinski definition) is 1. The highest BCUT2D eigenvalue weighted by atomic mass is 79.9. The summed E-state index contributed by atoms with van der Waals surface area (Å²) in [6.07, 6.45) is 0.822. The summed E-state index contributed by atoms with van der Waals surface area (Å²) >= 11 is 17.1. The zero-order valence-corrected chi connectivity index (χ0v) is 21.7. The van der Waals surface area contributed by atoms with E-state index in [2.05, 4.69) is 21.2 Å². The predicted octanol–water partition coefficient (Wildman–Crippen LogP) is 6.32. The average molecular weight is 546 g/mol. The van der Waals surface area contributed by atoms with Gasteiger partial charge in [-0.15, -0.1) is 11.8 Å². The van der Waals surface area contributed by atoms with Gasteiger partial charge in [0.2, 0.25) is 11.8 Å². The first-order valence-electron chi connectivity index (χ1n) is 10.1. The lowest BCUT2D eigenvalue weighted by Gasteiger charge is -2.29. The Bertz CT molecular complexity index is 896. The minimum absolute atomic E-state index is 0.0451. The van der Waals surface area contributed by atoms with Crippen LogP contribution < -0.4 is 5.32 Å². The van der Waals surface area contributed by atoms with Crippen LogP contribution in [0.5, 0.6) is 0 Å². The van der Waals surface area contributed by atoms with E-state index >= 15 is 0 Å². The van der Waals surface area contributed by atoms with Gasteiger partial charge in [0, 0.05) is 22.8 Å². The number of halogens is 3. The molecule has 168 valence electrons. The van der Waals surface area contributed by atoms with E-state index in [1.807, 2.05) is 44.2 Å². The molecule has 0 aliphatic rings. The molecule has 0 aromatic heterocycles. The second-order valence-electron chi connectivity index (χ2n) is 7.38. The number of carbonyl (C=O) groups excluding carboxylic acids is 2. The highest BCUT2D eigenvalue weighted by Gasteiger charge is 2.26. The van der Waals surface area contributed by atoms with Crippen molar-refractivity contribution in [2.45, 2.75) is 51.6 Å². The monoisotopic (exact) mass is 544 g/mol. The first kappa shape index (κ1) is 26.0. The van der Waals surface area contributed by atoms with E-state index in [0.717, 1.165) is 22.0 Å². The van der Waals surface area contributed by atoms with Gasteiger partial charge in [0.05, 0.1) is 15.8 Å². The van der Waals surface area contributed by atoms with E-state index in [-0.39, 0.29) is 30.2 Å². The molecule has 8 heteroatoms. The van der Waals surface area contributed by atoms with Gasteiger partial charge in [-0.2, -0.15) is 0 Å². The number of carbonyl (C=O) groups is 2. The van der Waals surface area contributed by atoms with Crippen LogP contribution in [-0.4, -0.2) is 34.6 Å². The summed E-state index contributed by atoms with van der Waals surface area (Å²) in [7, 11) is 0. The summed E-state index contributed by atoms with van der Waals surface area (Å²) in [6.45, 7) is 5.99. The molecule has 0 saturated heterocycles. The molecule has 2 aromatic carbocycles. The van der Waals surface area contributed by atoms with Crippen LogP contribution in [0.1, 0.15) is 38.3 Å². The fraction of sp³-hybridized carbons (Fsp3) is 0.391. The molecule has 0 aliphatic heterocycles. The Hall–Kier alpha value is -1.21. The normalized spacial score (nSPS) is 12.8. The minimum atomic E-state index is -0.607. The lowest BCUT2D eigenvalue weighted by molar-refractivity contribution is -0.138. The first-order valence-corrected chi connectivity index (χ1v) is 12.8. The molecule has 0 heterocycles. The smallest absolute Gasteiger partial charge is 0.242 e. The van der Waals surface area contributed by atoms with Gasteiger partial charge in [-0.1, -0.05) is 64.3 Å². The summed E-state index contributed by atoms with van der Waals surface area (Å²) in [6, 6.07) is 12.7. The molecule has 0 unspecified atom stereocenters. The van der Waals surface area contributed by atoms with Crippen LogP contribution >= 0.6 is 50.9 Å².